The van der Waals surface area contributed by atoms with Crippen molar-refractivity contribution in [2.45, 2.75) is 46.5 Å². The van der Waals surface area contributed by atoms with Gasteiger partial charge in [0.25, 0.3) is 0 Å². The molecule has 2 rings (SSSR count). The van der Waals surface area contributed by atoms with Crippen LogP contribution in [0.3, 0.4) is 0 Å². The van der Waals surface area contributed by atoms with E-state index in [0.29, 0.717) is 5.02 Å². The van der Waals surface area contributed by atoms with E-state index in [9.17, 15) is 4.79 Å². The Morgan fingerprint density at radius 3 is 2.47 bits per heavy atom. The van der Waals surface area contributed by atoms with Crippen LogP contribution in [-0.4, -0.2) is 5.78 Å². The number of ketones is 1. The first-order valence-electron chi connectivity index (χ1n) is 6.25. The summed E-state index contributed by atoms with van der Waals surface area (Å²) in [6.45, 7) is 5.89. The Labute approximate surface area is 108 Å². The van der Waals surface area contributed by atoms with Crippen molar-refractivity contribution in [3.05, 3.63) is 33.8 Å². The Morgan fingerprint density at radius 2 is 1.82 bits per heavy atom. The van der Waals surface area contributed by atoms with Gasteiger partial charge in [-0.3, -0.25) is 4.79 Å². The van der Waals surface area contributed by atoms with Gasteiger partial charge in [0.1, 0.15) is 0 Å². The quantitative estimate of drug-likeness (QED) is 0.673. The number of Topliss-reactive ketones (excluding diaryl/α,β-unsaturated/α-hetero) is 1. The second kappa shape index (κ2) is 4.45. The zero-order valence-corrected chi connectivity index (χ0v) is 11.5. The summed E-state index contributed by atoms with van der Waals surface area (Å²) in [4.78, 5) is 12.4. The van der Waals surface area contributed by atoms with E-state index in [1.165, 1.54) is 24.0 Å². The van der Waals surface area contributed by atoms with E-state index in [1.54, 1.807) is 0 Å². The van der Waals surface area contributed by atoms with Crippen LogP contribution in [0.15, 0.2) is 12.1 Å². The van der Waals surface area contributed by atoms with Gasteiger partial charge in [0.15, 0.2) is 5.78 Å². The summed E-state index contributed by atoms with van der Waals surface area (Å²) in [5, 5.41) is 0.693. The van der Waals surface area contributed by atoms with Gasteiger partial charge >= 0.3 is 0 Å². The molecule has 0 fully saturated rings. The van der Waals surface area contributed by atoms with Gasteiger partial charge in [-0.05, 0) is 48.9 Å². The maximum atomic E-state index is 12.4. The Kier molecular flexibility index (Phi) is 3.31. The van der Waals surface area contributed by atoms with Crippen LogP contribution in [-0.2, 0) is 12.8 Å². The lowest BCUT2D eigenvalue weighted by molar-refractivity contribution is 0.0857. The summed E-state index contributed by atoms with van der Waals surface area (Å²) in [6, 6.07) is 3.87. The molecule has 0 saturated carbocycles. The molecule has 1 aliphatic carbocycles. The van der Waals surface area contributed by atoms with Gasteiger partial charge in [0.05, 0.1) is 0 Å². The first-order valence-corrected chi connectivity index (χ1v) is 6.63. The largest absolute Gasteiger partial charge is 0.294 e. The molecule has 0 amide bonds. The van der Waals surface area contributed by atoms with Gasteiger partial charge in [0, 0.05) is 16.0 Å². The highest BCUT2D eigenvalue weighted by Gasteiger charge is 2.27. The molecule has 0 atom stereocenters. The Balaban J connectivity index is 2.53. The smallest absolute Gasteiger partial charge is 0.168 e. The van der Waals surface area contributed by atoms with Crippen LogP contribution in [0.4, 0.5) is 0 Å². The van der Waals surface area contributed by atoms with Gasteiger partial charge in [-0.15, -0.1) is 0 Å². The van der Waals surface area contributed by atoms with Crippen LogP contribution >= 0.6 is 11.6 Å². The lowest BCUT2D eigenvalue weighted by Crippen LogP contribution is -2.23. The van der Waals surface area contributed by atoms with E-state index in [0.717, 1.165) is 18.4 Å². The van der Waals surface area contributed by atoms with Gasteiger partial charge < -0.3 is 0 Å². The van der Waals surface area contributed by atoms with Crippen molar-refractivity contribution < 1.29 is 4.79 Å². The number of fused-ring (bicyclic) bond motifs is 1. The van der Waals surface area contributed by atoms with Crippen LogP contribution < -0.4 is 0 Å². The molecule has 92 valence electrons. The van der Waals surface area contributed by atoms with Crippen LogP contribution in [0, 0.1) is 5.41 Å². The number of carbonyl (C=O) groups is 1. The summed E-state index contributed by atoms with van der Waals surface area (Å²) in [5.41, 5.74) is 3.02. The van der Waals surface area contributed by atoms with Crippen molar-refractivity contribution in [2.75, 3.05) is 0 Å². The number of carbonyl (C=O) groups excluding carboxylic acids is 1. The maximum absolute atomic E-state index is 12.4. The van der Waals surface area contributed by atoms with E-state index in [4.69, 9.17) is 11.6 Å². The van der Waals surface area contributed by atoms with Gasteiger partial charge in [-0.25, -0.2) is 0 Å². The third-order valence-corrected chi connectivity index (χ3v) is 3.57. The number of hydrogen-bond donors (Lipinski definition) is 0. The second-order valence-corrected chi connectivity index (χ2v) is 6.31. The van der Waals surface area contributed by atoms with E-state index in [2.05, 4.69) is 0 Å². The molecular formula is C15H19ClO. The van der Waals surface area contributed by atoms with E-state index in [-0.39, 0.29) is 11.2 Å². The summed E-state index contributed by atoms with van der Waals surface area (Å²) in [6.07, 6.45) is 4.46. The van der Waals surface area contributed by atoms with Gasteiger partial charge in [-0.1, -0.05) is 32.4 Å². The van der Waals surface area contributed by atoms with E-state index >= 15 is 0 Å². The van der Waals surface area contributed by atoms with Gasteiger partial charge in [-0.2, -0.15) is 0 Å². The monoisotopic (exact) mass is 250 g/mol. The van der Waals surface area contributed by atoms with Crippen LogP contribution in [0.25, 0.3) is 0 Å². The van der Waals surface area contributed by atoms with Crippen molar-refractivity contribution in [1.29, 1.82) is 0 Å². The van der Waals surface area contributed by atoms with Crippen molar-refractivity contribution in [1.82, 2.24) is 0 Å². The molecule has 0 heterocycles. The molecule has 0 N–H and O–H groups in total. The Bertz CT molecular complexity index is 455. The van der Waals surface area contributed by atoms with Crippen LogP contribution in [0.5, 0.6) is 0 Å². The SMILES string of the molecule is CC(C)(C)C(=O)c1cc(Cl)cc2c1CCCC2. The molecule has 1 nitrogen and oxygen atoms in total. The molecule has 1 aliphatic rings. The topological polar surface area (TPSA) is 17.1 Å². The fourth-order valence-corrected chi connectivity index (χ4v) is 2.68. The normalized spacial score (nSPS) is 15.5. The lowest BCUT2D eigenvalue weighted by atomic mass is 9.80. The Hall–Kier alpha value is -0.820. The maximum Gasteiger partial charge on any atom is 0.168 e. The first kappa shape index (κ1) is 12.6. The van der Waals surface area contributed by atoms with Crippen molar-refractivity contribution in [3.8, 4) is 0 Å². The number of aryl methyl sites for hydroxylation is 1. The molecule has 0 aliphatic heterocycles. The molecule has 2 heteroatoms. The minimum Gasteiger partial charge on any atom is -0.294 e. The second-order valence-electron chi connectivity index (χ2n) is 5.88. The lowest BCUT2D eigenvalue weighted by Gasteiger charge is -2.23. The van der Waals surface area contributed by atoms with Crippen molar-refractivity contribution in [2.24, 2.45) is 5.41 Å². The zero-order chi connectivity index (χ0) is 12.6. The summed E-state index contributed by atoms with van der Waals surface area (Å²) in [5.74, 6) is 0.207. The molecule has 1 aromatic carbocycles. The summed E-state index contributed by atoms with van der Waals surface area (Å²) < 4.78 is 0. The fraction of sp³-hybridized carbons (Fsp3) is 0.533. The molecule has 0 bridgehead atoms. The standard InChI is InChI=1S/C15H19ClO/c1-15(2,3)14(17)13-9-11(16)8-10-6-4-5-7-12(10)13/h8-9H,4-7H2,1-3H3. The minimum absolute atomic E-state index is 0.207. The third kappa shape index (κ3) is 2.55. The zero-order valence-electron chi connectivity index (χ0n) is 10.8. The molecule has 17 heavy (non-hydrogen) atoms. The molecule has 0 unspecified atom stereocenters. The van der Waals surface area contributed by atoms with E-state index < -0.39 is 0 Å². The Morgan fingerprint density at radius 1 is 1.18 bits per heavy atom. The summed E-state index contributed by atoms with van der Waals surface area (Å²) in [7, 11) is 0. The molecule has 1 aromatic rings. The van der Waals surface area contributed by atoms with Crippen molar-refractivity contribution in [3.63, 3.8) is 0 Å². The van der Waals surface area contributed by atoms with Crippen molar-refractivity contribution >= 4 is 17.4 Å². The predicted molar refractivity (Wildman–Crippen MR) is 71.9 cm³/mol. The average molecular weight is 251 g/mol. The first-order chi connectivity index (χ1) is 7.89. The average Bonchev–Trinajstić information content (AvgIpc) is 2.25. The summed E-state index contributed by atoms with van der Waals surface area (Å²) >= 11 is 6.12. The number of halogens is 1. The molecule has 0 saturated heterocycles. The predicted octanol–water partition coefficient (Wildman–Crippen LogP) is 4.45. The van der Waals surface area contributed by atoms with Gasteiger partial charge in [0.2, 0.25) is 0 Å². The highest BCUT2D eigenvalue weighted by Crippen LogP contribution is 2.32. The number of hydrogen-bond acceptors (Lipinski definition) is 1. The van der Waals surface area contributed by atoms with Crippen LogP contribution in [0.2, 0.25) is 5.02 Å². The molecular weight excluding hydrogens is 232 g/mol. The number of rotatable bonds is 1. The molecule has 0 spiro atoms. The molecule has 0 aromatic heterocycles. The van der Waals surface area contributed by atoms with Crippen LogP contribution in [0.1, 0.15) is 55.1 Å². The molecule has 0 radical (unpaired) electrons. The number of benzene rings is 1. The van der Waals surface area contributed by atoms with E-state index in [1.807, 2.05) is 32.9 Å². The minimum atomic E-state index is -0.337. The highest BCUT2D eigenvalue weighted by molar-refractivity contribution is 6.31. The third-order valence-electron chi connectivity index (χ3n) is 3.36. The fourth-order valence-electron chi connectivity index (χ4n) is 2.44. The highest BCUT2D eigenvalue weighted by atomic mass is 35.5.